The molecule has 6 heteroatoms. The van der Waals surface area contributed by atoms with E-state index in [1.54, 1.807) is 18.2 Å². The number of oxazole rings is 1. The van der Waals surface area contributed by atoms with Gasteiger partial charge in [-0.1, -0.05) is 43.6 Å². The molecule has 5 nitrogen and oxygen atoms in total. The first kappa shape index (κ1) is 21.9. The van der Waals surface area contributed by atoms with Gasteiger partial charge in [0.05, 0.1) is 10.6 Å². The summed E-state index contributed by atoms with van der Waals surface area (Å²) >= 11 is 6.40. The van der Waals surface area contributed by atoms with E-state index in [0.717, 1.165) is 22.2 Å². The molecule has 1 aromatic heterocycles. The van der Waals surface area contributed by atoms with Crippen LogP contribution in [0, 0.1) is 13.8 Å². The number of hydrogen-bond acceptors (Lipinski definition) is 4. The van der Waals surface area contributed by atoms with Crippen molar-refractivity contribution >= 4 is 34.3 Å². The first-order chi connectivity index (χ1) is 15.3. The van der Waals surface area contributed by atoms with Crippen molar-refractivity contribution in [2.24, 2.45) is 0 Å². The minimum atomic E-state index is -0.268. The van der Waals surface area contributed by atoms with Crippen molar-refractivity contribution in [3.05, 3.63) is 76.3 Å². The molecular formula is C26H25ClN2O3. The van der Waals surface area contributed by atoms with Crippen LogP contribution in [0.25, 0.3) is 22.6 Å². The van der Waals surface area contributed by atoms with Gasteiger partial charge in [-0.05, 0) is 72.9 Å². The molecule has 32 heavy (non-hydrogen) atoms. The van der Waals surface area contributed by atoms with E-state index < -0.39 is 0 Å². The summed E-state index contributed by atoms with van der Waals surface area (Å²) < 4.78 is 11.6. The number of amides is 1. The molecule has 0 atom stereocenters. The zero-order valence-electron chi connectivity index (χ0n) is 18.5. The topological polar surface area (TPSA) is 64.4 Å². The number of anilines is 1. The van der Waals surface area contributed by atoms with E-state index >= 15 is 0 Å². The Morgan fingerprint density at radius 2 is 1.84 bits per heavy atom. The zero-order chi connectivity index (χ0) is 22.8. The molecule has 1 heterocycles. The lowest BCUT2D eigenvalue weighted by Crippen LogP contribution is -2.20. The van der Waals surface area contributed by atoms with Gasteiger partial charge in [-0.2, -0.15) is 0 Å². The lowest BCUT2D eigenvalue weighted by atomic mass is 10.0. The summed E-state index contributed by atoms with van der Waals surface area (Å²) in [5.74, 6) is 1.24. The Balaban J connectivity index is 1.48. The normalized spacial score (nSPS) is 11.2. The third kappa shape index (κ3) is 4.78. The number of benzene rings is 3. The second-order valence-electron chi connectivity index (χ2n) is 8.20. The molecule has 0 aliphatic rings. The fourth-order valence-corrected chi connectivity index (χ4v) is 3.75. The van der Waals surface area contributed by atoms with E-state index in [4.69, 9.17) is 20.8 Å². The third-order valence-electron chi connectivity index (χ3n) is 5.22. The Kier molecular flexibility index (Phi) is 6.19. The van der Waals surface area contributed by atoms with Crippen molar-refractivity contribution in [2.75, 3.05) is 11.9 Å². The van der Waals surface area contributed by atoms with Crippen LogP contribution in [0.1, 0.15) is 36.5 Å². The minimum absolute atomic E-state index is 0.0969. The van der Waals surface area contributed by atoms with Gasteiger partial charge in [0.2, 0.25) is 5.89 Å². The molecule has 0 aliphatic heterocycles. The number of nitrogens with zero attached hydrogens (tertiary/aromatic N) is 1. The number of carbonyl (C=O) groups excluding carboxylic acids is 1. The molecule has 0 aliphatic carbocycles. The first-order valence-corrected chi connectivity index (χ1v) is 10.9. The van der Waals surface area contributed by atoms with E-state index in [9.17, 15) is 4.79 Å². The second-order valence-corrected chi connectivity index (χ2v) is 8.61. The summed E-state index contributed by atoms with van der Waals surface area (Å²) in [6.45, 7) is 8.17. The van der Waals surface area contributed by atoms with Crippen LogP contribution in [-0.2, 0) is 4.79 Å². The number of aryl methyl sites for hydroxylation is 2. The predicted octanol–water partition coefficient (Wildman–Crippen LogP) is 6.91. The molecule has 0 bridgehead atoms. The van der Waals surface area contributed by atoms with Crippen LogP contribution in [0.2, 0.25) is 5.02 Å². The Morgan fingerprint density at radius 1 is 1.09 bits per heavy atom. The maximum absolute atomic E-state index is 12.4. The fraction of sp³-hybridized carbons (Fsp3) is 0.231. The van der Waals surface area contributed by atoms with Gasteiger partial charge in [-0.25, -0.2) is 4.98 Å². The summed E-state index contributed by atoms with van der Waals surface area (Å²) in [6.07, 6.45) is 0. The smallest absolute Gasteiger partial charge is 0.262 e. The number of aromatic nitrogens is 1. The van der Waals surface area contributed by atoms with Gasteiger partial charge in [0.25, 0.3) is 5.91 Å². The van der Waals surface area contributed by atoms with Crippen molar-refractivity contribution < 1.29 is 13.9 Å². The molecule has 0 spiro atoms. The van der Waals surface area contributed by atoms with Crippen molar-refractivity contribution in [3.8, 4) is 17.2 Å². The molecule has 0 radical (unpaired) electrons. The summed E-state index contributed by atoms with van der Waals surface area (Å²) in [5, 5.41) is 3.33. The molecule has 0 unspecified atom stereocenters. The van der Waals surface area contributed by atoms with E-state index in [1.165, 1.54) is 5.56 Å². The van der Waals surface area contributed by atoms with Crippen LogP contribution in [0.3, 0.4) is 0 Å². The Bertz CT molecular complexity index is 1280. The molecule has 0 saturated heterocycles. The molecule has 0 saturated carbocycles. The van der Waals surface area contributed by atoms with Crippen LogP contribution in [0.15, 0.2) is 59.0 Å². The van der Waals surface area contributed by atoms with E-state index in [-0.39, 0.29) is 12.5 Å². The SMILES string of the molecule is Cc1cc(C)c2oc(-c3cc(NC(=O)COc4ccc(C(C)C)cc4)ccc3Cl)nc2c1. The number of ether oxygens (including phenoxy) is 1. The predicted molar refractivity (Wildman–Crippen MR) is 129 cm³/mol. The summed E-state index contributed by atoms with van der Waals surface area (Å²) in [4.78, 5) is 17.0. The van der Waals surface area contributed by atoms with Gasteiger partial charge in [0.15, 0.2) is 12.2 Å². The highest BCUT2D eigenvalue weighted by Crippen LogP contribution is 2.33. The molecule has 164 valence electrons. The first-order valence-electron chi connectivity index (χ1n) is 10.5. The summed E-state index contributed by atoms with van der Waals surface area (Å²) in [6, 6.07) is 17.0. The Morgan fingerprint density at radius 3 is 2.56 bits per heavy atom. The van der Waals surface area contributed by atoms with Crippen LogP contribution < -0.4 is 10.1 Å². The largest absolute Gasteiger partial charge is 0.484 e. The van der Waals surface area contributed by atoms with Crippen molar-refractivity contribution in [3.63, 3.8) is 0 Å². The fourth-order valence-electron chi connectivity index (χ4n) is 3.55. The van der Waals surface area contributed by atoms with Crippen LogP contribution in [0.4, 0.5) is 5.69 Å². The number of fused-ring (bicyclic) bond motifs is 1. The maximum atomic E-state index is 12.4. The molecule has 0 fully saturated rings. The molecule has 1 N–H and O–H groups in total. The molecular weight excluding hydrogens is 424 g/mol. The van der Waals surface area contributed by atoms with Crippen molar-refractivity contribution in [2.45, 2.75) is 33.6 Å². The van der Waals surface area contributed by atoms with Crippen LogP contribution in [0.5, 0.6) is 5.75 Å². The number of rotatable bonds is 6. The Hall–Kier alpha value is -3.31. The summed E-state index contributed by atoms with van der Waals surface area (Å²) in [5.41, 5.74) is 6.05. The molecule has 4 rings (SSSR count). The van der Waals surface area contributed by atoms with E-state index in [1.807, 2.05) is 50.2 Å². The Labute approximate surface area is 192 Å². The van der Waals surface area contributed by atoms with Gasteiger partial charge in [0, 0.05) is 5.69 Å². The van der Waals surface area contributed by atoms with Gasteiger partial charge in [0.1, 0.15) is 11.3 Å². The number of nitrogens with one attached hydrogen (secondary N) is 1. The molecule has 4 aromatic rings. The maximum Gasteiger partial charge on any atom is 0.262 e. The standard InChI is InChI=1S/C26H25ClN2O3/c1-15(2)18-5-8-20(9-6-18)31-14-24(30)28-19-7-10-22(27)21(13-19)26-29-23-12-16(3)11-17(4)25(23)32-26/h5-13,15H,14H2,1-4H3,(H,28,30). The zero-order valence-corrected chi connectivity index (χ0v) is 19.3. The molecule has 3 aromatic carbocycles. The average molecular weight is 449 g/mol. The number of hydrogen-bond donors (Lipinski definition) is 1. The van der Waals surface area contributed by atoms with Gasteiger partial charge in [-0.3, -0.25) is 4.79 Å². The quantitative estimate of drug-likeness (QED) is 0.348. The lowest BCUT2D eigenvalue weighted by Gasteiger charge is -2.10. The highest BCUT2D eigenvalue weighted by molar-refractivity contribution is 6.33. The highest BCUT2D eigenvalue weighted by Gasteiger charge is 2.15. The monoisotopic (exact) mass is 448 g/mol. The molecule has 1 amide bonds. The van der Waals surface area contributed by atoms with Crippen molar-refractivity contribution in [1.29, 1.82) is 0 Å². The van der Waals surface area contributed by atoms with Crippen molar-refractivity contribution in [1.82, 2.24) is 4.98 Å². The van der Waals surface area contributed by atoms with Crippen LogP contribution in [-0.4, -0.2) is 17.5 Å². The van der Waals surface area contributed by atoms with E-state index in [0.29, 0.717) is 33.8 Å². The highest BCUT2D eigenvalue weighted by atomic mass is 35.5. The van der Waals surface area contributed by atoms with Gasteiger partial charge < -0.3 is 14.5 Å². The van der Waals surface area contributed by atoms with Gasteiger partial charge in [-0.15, -0.1) is 0 Å². The average Bonchev–Trinajstić information content (AvgIpc) is 3.18. The summed E-state index contributed by atoms with van der Waals surface area (Å²) in [7, 11) is 0. The van der Waals surface area contributed by atoms with Crippen LogP contribution >= 0.6 is 11.6 Å². The number of halogens is 1. The number of carbonyl (C=O) groups is 1. The van der Waals surface area contributed by atoms with Gasteiger partial charge >= 0.3 is 0 Å². The lowest BCUT2D eigenvalue weighted by molar-refractivity contribution is -0.118. The van der Waals surface area contributed by atoms with E-state index in [2.05, 4.69) is 24.1 Å². The third-order valence-corrected chi connectivity index (χ3v) is 5.55. The second kappa shape index (κ2) is 9.05. The minimum Gasteiger partial charge on any atom is -0.484 e.